The van der Waals surface area contributed by atoms with Crippen molar-refractivity contribution in [3.63, 3.8) is 0 Å². The van der Waals surface area contributed by atoms with E-state index in [-0.39, 0.29) is 56.9 Å². The van der Waals surface area contributed by atoms with E-state index in [9.17, 15) is 33.6 Å². The fourth-order valence-corrected chi connectivity index (χ4v) is 6.84. The van der Waals surface area contributed by atoms with Gasteiger partial charge in [-0.2, -0.15) is 0 Å². The Balaban J connectivity index is 1.52. The number of nitrogens with zero attached hydrogens (tertiary/aromatic N) is 2. The van der Waals surface area contributed by atoms with Crippen molar-refractivity contribution in [1.82, 2.24) is 46.9 Å². The van der Waals surface area contributed by atoms with Crippen LogP contribution in [-0.4, -0.2) is 105 Å². The van der Waals surface area contributed by atoms with E-state index in [4.69, 9.17) is 17.2 Å². The molecular weight excluding hydrogens is 811 g/mol. The first-order valence-corrected chi connectivity index (χ1v) is 20.7. The number of hydrogen-bond acceptors (Lipinski definition) is 9. The molecule has 20 heteroatoms. The number of fused-ring (bicyclic) bond motifs is 1. The first kappa shape index (κ1) is 48.4. The first-order chi connectivity index (χ1) is 30.0. The summed E-state index contributed by atoms with van der Waals surface area (Å²) in [5.74, 6) is -4.97. The van der Waals surface area contributed by atoms with Crippen molar-refractivity contribution in [3.05, 3.63) is 90.1 Å². The SMILES string of the molecule is CC(=O)N[C@@H](Cc1cnc[nH]1)C(=O)N[C@@H](C)C(=O)N[C@@H](CC(C)C)C(=O)N[C@@H](CCCN=C(N)N)C(=O)N[C@@H](Cc1ccccc1)C(=O)N[C@@H](Cc1c[nH]c2ccccc12)C(N)=O. The lowest BCUT2D eigenvalue weighted by atomic mass is 10.0. The predicted octanol–water partition coefficient (Wildman–Crippen LogP) is -0.548. The number of carbonyl (C=O) groups excluding carboxylic acids is 7. The molecule has 0 fully saturated rings. The van der Waals surface area contributed by atoms with Crippen molar-refractivity contribution in [2.24, 2.45) is 28.1 Å². The molecule has 2 aromatic heterocycles. The van der Waals surface area contributed by atoms with Gasteiger partial charge in [0.05, 0.1) is 6.33 Å². The maximum Gasteiger partial charge on any atom is 0.243 e. The highest BCUT2D eigenvalue weighted by Crippen LogP contribution is 2.19. The molecule has 7 amide bonds. The second-order valence-corrected chi connectivity index (χ2v) is 15.7. The van der Waals surface area contributed by atoms with E-state index < -0.39 is 77.6 Å². The number of aromatic amines is 2. The molecule has 0 saturated heterocycles. The maximum absolute atomic E-state index is 14.2. The monoisotopic (exact) mass is 869 g/mol. The van der Waals surface area contributed by atoms with Crippen molar-refractivity contribution < 1.29 is 33.6 Å². The van der Waals surface area contributed by atoms with Crippen LogP contribution in [0.15, 0.2) is 78.3 Å². The number of imidazole rings is 1. The van der Waals surface area contributed by atoms with Gasteiger partial charge in [-0.15, -0.1) is 0 Å². The molecule has 6 atom stereocenters. The van der Waals surface area contributed by atoms with E-state index in [1.807, 2.05) is 38.1 Å². The van der Waals surface area contributed by atoms with E-state index in [1.165, 1.54) is 26.4 Å². The summed E-state index contributed by atoms with van der Waals surface area (Å²) in [5.41, 5.74) is 19.7. The lowest BCUT2D eigenvalue weighted by molar-refractivity contribution is -0.135. The van der Waals surface area contributed by atoms with Gasteiger partial charge in [-0.25, -0.2) is 4.98 Å². The zero-order valence-corrected chi connectivity index (χ0v) is 35.9. The summed E-state index contributed by atoms with van der Waals surface area (Å²) < 4.78 is 0. The molecule has 63 heavy (non-hydrogen) atoms. The normalized spacial score (nSPS) is 13.9. The van der Waals surface area contributed by atoms with Crippen LogP contribution in [0.4, 0.5) is 0 Å². The van der Waals surface area contributed by atoms with Crippen LogP contribution in [0.5, 0.6) is 0 Å². The highest BCUT2D eigenvalue weighted by molar-refractivity contribution is 5.97. The average molecular weight is 870 g/mol. The lowest BCUT2D eigenvalue weighted by Gasteiger charge is -2.27. The molecule has 2 heterocycles. The molecule has 0 aliphatic carbocycles. The summed E-state index contributed by atoms with van der Waals surface area (Å²) in [5, 5.41) is 16.9. The molecule has 0 spiro atoms. The summed E-state index contributed by atoms with van der Waals surface area (Å²) >= 11 is 0. The van der Waals surface area contributed by atoms with E-state index in [2.05, 4.69) is 51.8 Å². The summed E-state index contributed by atoms with van der Waals surface area (Å²) in [6.45, 7) is 6.50. The zero-order valence-electron chi connectivity index (χ0n) is 35.9. The van der Waals surface area contributed by atoms with E-state index in [0.29, 0.717) is 11.3 Å². The van der Waals surface area contributed by atoms with Crippen molar-refractivity contribution in [2.75, 3.05) is 6.54 Å². The minimum absolute atomic E-state index is 0.0198. The average Bonchev–Trinajstić information content (AvgIpc) is 3.90. The molecule has 4 aromatic rings. The Bertz CT molecular complexity index is 2200. The van der Waals surface area contributed by atoms with Gasteiger partial charge in [0.15, 0.2) is 5.96 Å². The van der Waals surface area contributed by atoms with Crippen LogP contribution in [0, 0.1) is 5.92 Å². The summed E-state index contributed by atoms with van der Waals surface area (Å²) in [4.78, 5) is 108. The lowest BCUT2D eigenvalue weighted by Crippen LogP contribution is -2.60. The molecule has 0 unspecified atom stereocenters. The number of para-hydroxylation sites is 1. The number of guanidine groups is 1. The van der Waals surface area contributed by atoms with Gasteiger partial charge < -0.3 is 59.1 Å². The van der Waals surface area contributed by atoms with Crippen LogP contribution in [0.3, 0.4) is 0 Å². The molecule has 0 aliphatic heterocycles. The third-order valence-corrected chi connectivity index (χ3v) is 10.0. The van der Waals surface area contributed by atoms with Crippen LogP contribution in [0.1, 0.15) is 63.8 Å². The van der Waals surface area contributed by atoms with Crippen LogP contribution in [-0.2, 0) is 52.8 Å². The third kappa shape index (κ3) is 15.6. The number of amides is 7. The summed E-state index contributed by atoms with van der Waals surface area (Å²) in [6.07, 6.45) is 5.26. The second-order valence-electron chi connectivity index (χ2n) is 15.7. The van der Waals surface area contributed by atoms with E-state index in [1.54, 1.807) is 36.5 Å². The number of rotatable bonds is 24. The highest BCUT2D eigenvalue weighted by Gasteiger charge is 2.33. The van der Waals surface area contributed by atoms with Gasteiger partial charge in [0, 0.05) is 61.7 Å². The number of carbonyl (C=O) groups is 7. The Hall–Kier alpha value is -7.25. The van der Waals surface area contributed by atoms with Gasteiger partial charge in [-0.1, -0.05) is 62.4 Å². The third-order valence-electron chi connectivity index (χ3n) is 10.0. The van der Waals surface area contributed by atoms with Crippen molar-refractivity contribution >= 4 is 58.2 Å². The zero-order chi connectivity index (χ0) is 46.1. The summed E-state index contributed by atoms with van der Waals surface area (Å²) in [7, 11) is 0. The molecule has 20 nitrogen and oxygen atoms in total. The standard InChI is InChI=1S/C43H59N13O7/c1-24(2)17-34(55-38(59)25(3)51-40(61)36(52-26(4)57)20-29-22-47-23-50-29)41(62)53-32(15-10-16-48-43(45)46)39(60)56-35(18-27-11-6-5-7-12-27)42(63)54-33(37(44)58)19-28-21-49-31-14-9-8-13-30(28)31/h5-9,11-14,21-25,32-36,49H,10,15-20H2,1-4H3,(H2,44,58)(H,47,50)(H,51,61)(H,52,57)(H,53,62)(H,54,63)(H,55,59)(H,56,60)(H4,45,46,48)/t25-,32-,33-,34-,35-,36-/m0/s1. The number of hydrogen-bond donors (Lipinski definition) is 11. The molecule has 4 rings (SSSR count). The molecule has 0 saturated carbocycles. The number of aromatic nitrogens is 3. The van der Waals surface area contributed by atoms with Crippen LogP contribution in [0.25, 0.3) is 10.9 Å². The molecule has 338 valence electrons. The molecule has 0 aliphatic rings. The number of H-pyrrole nitrogens is 2. The number of nitrogens with two attached hydrogens (primary N) is 3. The maximum atomic E-state index is 14.2. The topological polar surface area (TPSA) is 327 Å². The molecular formula is C43H59N13O7. The Morgan fingerprint density at radius 2 is 1.27 bits per heavy atom. The second kappa shape index (κ2) is 23.7. The minimum atomic E-state index is -1.25. The number of benzene rings is 2. The van der Waals surface area contributed by atoms with E-state index >= 15 is 0 Å². The minimum Gasteiger partial charge on any atom is -0.370 e. The first-order valence-electron chi connectivity index (χ1n) is 20.7. The smallest absolute Gasteiger partial charge is 0.243 e. The number of aliphatic imine (C=N–C) groups is 1. The summed E-state index contributed by atoms with van der Waals surface area (Å²) in [6, 6.07) is 9.45. The Kier molecular flexibility index (Phi) is 18.2. The van der Waals surface area contributed by atoms with Gasteiger partial charge in [0.1, 0.15) is 36.3 Å². The fraction of sp³-hybridized carbons (Fsp3) is 0.419. The van der Waals surface area contributed by atoms with Gasteiger partial charge in [-0.05, 0) is 49.3 Å². The highest BCUT2D eigenvalue weighted by atomic mass is 16.2. The molecule has 0 radical (unpaired) electrons. The quantitative estimate of drug-likeness (QED) is 0.0243. The van der Waals surface area contributed by atoms with Gasteiger partial charge in [-0.3, -0.25) is 38.6 Å². The Morgan fingerprint density at radius 3 is 1.92 bits per heavy atom. The molecule has 2 aromatic carbocycles. The van der Waals surface area contributed by atoms with Gasteiger partial charge in [0.2, 0.25) is 41.4 Å². The molecule has 0 bridgehead atoms. The number of nitrogens with one attached hydrogen (secondary N) is 8. The fourth-order valence-electron chi connectivity index (χ4n) is 6.84. The largest absolute Gasteiger partial charge is 0.370 e. The van der Waals surface area contributed by atoms with Gasteiger partial charge in [0.25, 0.3) is 0 Å². The van der Waals surface area contributed by atoms with Crippen LogP contribution in [0.2, 0.25) is 0 Å². The van der Waals surface area contributed by atoms with Crippen molar-refractivity contribution in [1.29, 1.82) is 0 Å². The van der Waals surface area contributed by atoms with Crippen LogP contribution >= 0.6 is 0 Å². The Labute approximate surface area is 365 Å². The van der Waals surface area contributed by atoms with Crippen molar-refractivity contribution in [3.8, 4) is 0 Å². The Morgan fingerprint density at radius 1 is 0.667 bits per heavy atom. The van der Waals surface area contributed by atoms with Crippen LogP contribution < -0.4 is 49.1 Å². The van der Waals surface area contributed by atoms with Crippen molar-refractivity contribution in [2.45, 2.75) is 102 Å². The predicted molar refractivity (Wildman–Crippen MR) is 236 cm³/mol. The van der Waals surface area contributed by atoms with E-state index in [0.717, 1.165) is 16.5 Å². The molecule has 14 N–H and O–H groups in total. The van der Waals surface area contributed by atoms with Gasteiger partial charge >= 0.3 is 0 Å². The number of primary amides is 1.